The lowest BCUT2D eigenvalue weighted by Gasteiger charge is -2.31. The lowest BCUT2D eigenvalue weighted by molar-refractivity contribution is -0.170. The molecule has 12 atom stereocenters. The molecule has 5 saturated carbocycles. The van der Waals surface area contributed by atoms with Gasteiger partial charge in [0, 0.05) is 85.2 Å². The summed E-state index contributed by atoms with van der Waals surface area (Å²) in [4.78, 5) is 131. The molecule has 0 radical (unpaired) electrons. The van der Waals surface area contributed by atoms with Gasteiger partial charge in [-0.05, 0) is 240 Å². The number of Topliss-reactive ketones (excluding diaryl/α,β-unsaturated/α-hetero) is 1. The maximum atomic E-state index is 13.3. The Hall–Kier alpha value is -9.75. The highest BCUT2D eigenvalue weighted by Gasteiger charge is 2.41. The lowest BCUT2D eigenvalue weighted by atomic mass is 9.91. The minimum Gasteiger partial charge on any atom is -0.444 e. The SMILES string of the molecule is C=CCC(=O)[C@H](C)NC(=O)OC(C)(C)C.C=CC[C@@](C)(O)[C@H](C)N.C=CC[C@@](C)(O)[C@H](C)NC(=O)OC(C)(C)C.C=CC[C@@](C)(O)[C@H](C)NC(=O)c1cn(COCC[Si](C)(C)C)c2ncc(C3CC3)nc12.CON(C)C(=O)[C@H](C)NC(=O)OC(C)(C)C.C[C@H](NC(=O)c1c[nH]c2ncc(C3CC3)nc12)[C@](C)(O)CC1CC1.C[C@H](NC(=O)c1cn(COCC[Si](C)(C)C)c2ncc(C3CC3)nc12)[C@](C)(O)CC1CC1. The number of nitrogens with two attached hydrogens (primary N) is 1. The van der Waals surface area contributed by atoms with Crippen LogP contribution in [0, 0.1) is 11.8 Å². The highest BCUT2D eigenvalue weighted by molar-refractivity contribution is 6.76. The lowest BCUT2D eigenvalue weighted by Crippen LogP contribution is -2.50. The summed E-state index contributed by atoms with van der Waals surface area (Å²) < 4.78 is 30.7. The number of hydrogen-bond acceptors (Lipinski definition) is 26. The van der Waals surface area contributed by atoms with Crippen LogP contribution in [0.3, 0.4) is 0 Å². The molecule has 0 spiro atoms. The Balaban J connectivity index is 0.000000304. The second-order valence-electron chi connectivity index (χ2n) is 45.7. The second kappa shape index (κ2) is 53.6. The zero-order chi connectivity index (χ0) is 108. The first-order valence-corrected chi connectivity index (χ1v) is 57.7. The Labute approximate surface area is 850 Å². The van der Waals surface area contributed by atoms with Crippen molar-refractivity contribution in [2.75, 3.05) is 27.4 Å². The average Bonchev–Trinajstić information content (AvgIpc) is 1.62. The first-order valence-electron chi connectivity index (χ1n) is 50.3. The van der Waals surface area contributed by atoms with Crippen molar-refractivity contribution >= 4 is 97.3 Å². The molecule has 143 heavy (non-hydrogen) atoms. The predicted octanol–water partition coefficient (Wildman–Crippen LogP) is 16.7. The van der Waals surface area contributed by atoms with E-state index in [2.05, 4.69) is 122 Å². The number of amides is 7. The van der Waals surface area contributed by atoms with Crippen molar-refractivity contribution in [3.05, 3.63) is 122 Å². The highest BCUT2D eigenvalue weighted by Crippen LogP contribution is 2.43. The third-order valence-electron chi connectivity index (χ3n) is 25.0. The molecule has 802 valence electrons. The number of aromatic nitrogens is 9. The van der Waals surface area contributed by atoms with Gasteiger partial charge in [-0.2, -0.15) is 0 Å². The van der Waals surface area contributed by atoms with Gasteiger partial charge in [-0.3, -0.25) is 28.8 Å². The van der Waals surface area contributed by atoms with Gasteiger partial charge in [-0.25, -0.2) is 49.4 Å². The van der Waals surface area contributed by atoms with Crippen molar-refractivity contribution in [3.63, 3.8) is 0 Å². The summed E-state index contributed by atoms with van der Waals surface area (Å²) >= 11 is 0. The molecule has 38 heteroatoms. The van der Waals surface area contributed by atoms with Gasteiger partial charge in [0.05, 0.1) is 118 Å². The van der Waals surface area contributed by atoms with Gasteiger partial charge in [0.25, 0.3) is 23.6 Å². The number of hydroxylamine groups is 2. The van der Waals surface area contributed by atoms with Gasteiger partial charge in [0.1, 0.15) is 52.9 Å². The van der Waals surface area contributed by atoms with Crippen molar-refractivity contribution in [1.29, 1.82) is 0 Å². The van der Waals surface area contributed by atoms with E-state index in [1.54, 1.807) is 168 Å². The van der Waals surface area contributed by atoms with E-state index >= 15 is 0 Å². The number of nitrogens with zero attached hydrogens (tertiary/aromatic N) is 9. The number of hydrogen-bond donors (Lipinski definition) is 13. The van der Waals surface area contributed by atoms with Crippen LogP contribution in [0.2, 0.25) is 51.4 Å². The summed E-state index contributed by atoms with van der Waals surface area (Å²) in [6.07, 6.45) is 29.9. The van der Waals surface area contributed by atoms with Gasteiger partial charge in [-0.1, -0.05) is 89.3 Å². The standard InChI is InChI=1S/C24H38N4O3Si.C23H36N4O3Si.C18H24N4O2.C12H23NO3.C11H19NO3.C10H20N2O4.C7H15NO/c1-16(24(2,30)12-17-6-7-17)26-23(29)19-14-28(15-31-10-11-32(3,4)5)22-21(19)27-20(13-25-22)18-8-9-18;1-7-10-23(3,29)16(2)25-22(28)18-14-27(15-30-11-12-31(4,5)6)21-20(18)26-19(13-24-21)17-8-9-17;1-10(18(2,24)7-11-3-4-11)21-17(23)13-8-19-16-15(13)22-14(9-20-16)12-5-6-12;1-7-8-12(6,15)9(2)13-10(14)16-11(3,4)5;1-6-7-9(13)8(2)12-10(14)15-11(3,4)5;1-7(8(13)12(5)15-6)11-9(14)16-10(2,3)4;1-4-5-7(3,9)6(2)8/h13-14,16-18,30H,6-12,15H2,1-5H3,(H,26,29);7,13-14,16-17,29H,1,8-12,15H2,2-6H3,(H,25,28);8-12,24H,3-7H2,1-2H3,(H,19,20)(H,21,23);7,9,15H,1,8H2,2-6H3,(H,13,14);6,8H,1,7H2,2-5H3,(H,12,14);7H,1-6H3,(H,11,14);4,6,9H,1,5,8H2,2-3H3/t16-,24+;16-,23+;10-,18+;9-,12+;8-;7-;6-,7+/m0000000/s1. The van der Waals surface area contributed by atoms with Gasteiger partial charge < -0.3 is 101 Å². The zero-order valence-corrected chi connectivity index (χ0v) is 93.1. The number of aromatic amines is 1. The van der Waals surface area contributed by atoms with Crippen LogP contribution in [0.25, 0.3) is 33.5 Å². The molecule has 0 saturated heterocycles. The summed E-state index contributed by atoms with van der Waals surface area (Å²) in [5.41, 5.74) is 7.15. The molecule has 5 fully saturated rings. The van der Waals surface area contributed by atoms with E-state index in [9.17, 15) is 63.9 Å². The van der Waals surface area contributed by atoms with Crippen molar-refractivity contribution < 1.29 is 92.4 Å². The summed E-state index contributed by atoms with van der Waals surface area (Å²) in [5, 5.41) is 68.9. The Kier molecular flexibility index (Phi) is 46.3. The predicted molar refractivity (Wildman–Crippen MR) is 566 cm³/mol. The molecule has 5 aliphatic carbocycles. The first kappa shape index (κ1) is 124. The van der Waals surface area contributed by atoms with Crippen LogP contribution in [0.15, 0.2) is 87.8 Å². The number of rotatable bonds is 42. The summed E-state index contributed by atoms with van der Waals surface area (Å²) in [6.45, 7) is 67.0. The Morgan fingerprint density at radius 1 is 0.469 bits per heavy atom. The number of nitrogens with one attached hydrogen (secondary N) is 7. The monoisotopic (exact) mass is 2030 g/mol. The second-order valence-corrected chi connectivity index (χ2v) is 56.9. The molecule has 7 amide bonds. The molecular formula is C105H175N17O19Si2. The normalized spacial score (nSPS) is 17.8. The van der Waals surface area contributed by atoms with Gasteiger partial charge >= 0.3 is 18.3 Å². The quantitative estimate of drug-likeness (QED) is 0.00556. The molecule has 6 aromatic heterocycles. The molecule has 0 aliphatic heterocycles. The van der Waals surface area contributed by atoms with Crippen LogP contribution < -0.4 is 37.6 Å². The largest absolute Gasteiger partial charge is 0.444 e. The number of carbonyl (C=O) groups is 8. The number of likely N-dealkylation sites (N-methyl/N-ethyl adjacent to an activating group) is 1. The maximum Gasteiger partial charge on any atom is 0.408 e. The number of ketones is 1. The number of allylic oxidation sites excluding steroid dienone is 1. The van der Waals surface area contributed by atoms with Crippen LogP contribution in [-0.2, 0) is 51.6 Å². The maximum absolute atomic E-state index is 13.3. The minimum atomic E-state index is -1.18. The zero-order valence-electron chi connectivity index (χ0n) is 91.1. The molecule has 0 bridgehead atoms. The molecule has 36 nitrogen and oxygen atoms in total. The highest BCUT2D eigenvalue weighted by atomic mass is 28.3. The number of carbonyl (C=O) groups excluding carboxylic acids is 8. The van der Waals surface area contributed by atoms with E-state index in [1.807, 2.05) is 42.3 Å². The van der Waals surface area contributed by atoms with Crippen LogP contribution in [0.4, 0.5) is 14.4 Å². The third kappa shape index (κ3) is 44.2. The fraction of sp³-hybridized carbons (Fsp3) is 0.676. The van der Waals surface area contributed by atoms with Crippen molar-refractivity contribution in [2.45, 2.75) is 418 Å². The van der Waals surface area contributed by atoms with E-state index < -0.39 is 103 Å². The fourth-order valence-electron chi connectivity index (χ4n) is 13.9. The Bertz CT molecular complexity index is 5180. The van der Waals surface area contributed by atoms with E-state index in [0.717, 1.165) is 79.2 Å². The summed E-state index contributed by atoms with van der Waals surface area (Å²) in [7, 11) is 0.497. The van der Waals surface area contributed by atoms with E-state index in [-0.39, 0.29) is 54.0 Å². The van der Waals surface area contributed by atoms with Gasteiger partial charge in [0.15, 0.2) is 22.7 Å². The van der Waals surface area contributed by atoms with Crippen molar-refractivity contribution in [1.82, 2.24) is 81.0 Å². The molecule has 6 heterocycles. The molecule has 0 aromatic carbocycles. The molecule has 0 unspecified atom stereocenters. The molecule has 6 aromatic rings. The fourth-order valence-corrected chi connectivity index (χ4v) is 15.4. The molecule has 5 aliphatic rings. The summed E-state index contributed by atoms with van der Waals surface area (Å²) in [5.74, 6) is 1.41. The molecule has 14 N–H and O–H groups in total. The van der Waals surface area contributed by atoms with Crippen LogP contribution in [0.1, 0.15) is 314 Å². The smallest absolute Gasteiger partial charge is 0.408 e. The first-order chi connectivity index (χ1) is 66.0. The molecule has 11 rings (SSSR count). The van der Waals surface area contributed by atoms with Crippen LogP contribution >= 0.6 is 0 Å². The Morgan fingerprint density at radius 3 is 1.12 bits per heavy atom. The van der Waals surface area contributed by atoms with E-state index in [4.69, 9.17) is 44.2 Å². The number of H-pyrrole nitrogens is 1. The number of alkyl carbamates (subject to hydrolysis) is 3. The molecular weight excluding hydrogens is 1860 g/mol. The van der Waals surface area contributed by atoms with Crippen molar-refractivity contribution in [3.8, 4) is 0 Å². The van der Waals surface area contributed by atoms with Crippen LogP contribution in [-0.4, -0.2) is 253 Å². The van der Waals surface area contributed by atoms with Gasteiger partial charge in [-0.15, -0.1) is 26.3 Å². The third-order valence-corrected chi connectivity index (χ3v) is 28.4. The average molecular weight is 2040 g/mol. The number of ether oxygens (including phenoxy) is 5. The van der Waals surface area contributed by atoms with Crippen LogP contribution in [0.5, 0.6) is 0 Å². The van der Waals surface area contributed by atoms with Crippen molar-refractivity contribution in [2.24, 2.45) is 17.6 Å². The van der Waals surface area contributed by atoms with Gasteiger partial charge in [0.2, 0.25) is 0 Å². The van der Waals surface area contributed by atoms with E-state index in [1.165, 1.54) is 45.9 Å². The topological polar surface area (TPSA) is 498 Å². The van der Waals surface area contributed by atoms with E-state index in [0.29, 0.717) is 132 Å². The Morgan fingerprint density at radius 2 is 0.797 bits per heavy atom. The number of aliphatic hydroxyl groups is 5. The summed E-state index contributed by atoms with van der Waals surface area (Å²) in [6, 6.07) is -0.813. The minimum absolute atomic E-state index is 0.0872. The number of fused-ring (bicyclic) bond motifs is 3.